The maximum absolute atomic E-state index is 12.3. The number of rotatable bonds is 14. The second kappa shape index (κ2) is 14.8. The number of esters is 1. The van der Waals surface area contributed by atoms with E-state index >= 15 is 0 Å². The molecule has 1 aromatic heterocycles. The Bertz CT molecular complexity index is 729. The van der Waals surface area contributed by atoms with E-state index in [-0.39, 0.29) is 24.1 Å². The molecule has 2 rings (SSSR count). The number of amidine groups is 1. The topological polar surface area (TPSA) is 102 Å². The van der Waals surface area contributed by atoms with Crippen LogP contribution in [-0.4, -0.2) is 42.9 Å². The summed E-state index contributed by atoms with van der Waals surface area (Å²) in [6.07, 6.45) is 14.0. The Morgan fingerprint density at radius 2 is 1.94 bits per heavy atom. The highest BCUT2D eigenvalue weighted by atomic mass is 16.6. The Labute approximate surface area is 193 Å². The largest absolute Gasteiger partial charge is 0.463 e. The van der Waals surface area contributed by atoms with Crippen molar-refractivity contribution >= 4 is 18.1 Å². The maximum Gasteiger partial charge on any atom is 0.308 e. The lowest BCUT2D eigenvalue weighted by Crippen LogP contribution is -2.22. The van der Waals surface area contributed by atoms with Crippen molar-refractivity contribution in [3.8, 4) is 0 Å². The Kier molecular flexibility index (Phi) is 12.1. The van der Waals surface area contributed by atoms with Gasteiger partial charge in [-0.3, -0.25) is 9.79 Å². The first-order valence-electron chi connectivity index (χ1n) is 12.3. The molecule has 180 valence electrons. The first kappa shape index (κ1) is 26.1. The molecule has 1 saturated heterocycles. The molecule has 0 bridgehead atoms. The molecule has 1 fully saturated rings. The van der Waals surface area contributed by atoms with Crippen molar-refractivity contribution in [3.63, 3.8) is 0 Å². The SMILES string of the molecule is CCCCCCCCCCC(C)C(=O)OCC1CCC(c2ccc(C(N=CN)=NC)[nH]2)O1. The number of nitrogens with zero attached hydrogens (tertiary/aromatic N) is 2. The number of nitrogens with two attached hydrogens (primary N) is 1. The molecule has 3 N–H and O–H groups in total. The summed E-state index contributed by atoms with van der Waals surface area (Å²) in [5, 5.41) is 0. The number of aromatic amines is 1. The first-order valence-corrected chi connectivity index (χ1v) is 12.3. The number of ether oxygens (including phenoxy) is 2. The van der Waals surface area contributed by atoms with Gasteiger partial charge in [-0.15, -0.1) is 0 Å². The summed E-state index contributed by atoms with van der Waals surface area (Å²) >= 11 is 0. The third-order valence-corrected chi connectivity index (χ3v) is 6.12. The summed E-state index contributed by atoms with van der Waals surface area (Å²) in [6.45, 7) is 4.54. The summed E-state index contributed by atoms with van der Waals surface area (Å²) in [7, 11) is 1.68. The normalized spacial score (nSPS) is 20.2. The van der Waals surface area contributed by atoms with Crippen molar-refractivity contribution in [2.45, 2.75) is 96.7 Å². The highest BCUT2D eigenvalue weighted by molar-refractivity contribution is 6.01. The number of H-pyrrole nitrogens is 1. The van der Waals surface area contributed by atoms with E-state index < -0.39 is 0 Å². The van der Waals surface area contributed by atoms with E-state index in [1.54, 1.807) is 7.05 Å². The Morgan fingerprint density at radius 3 is 2.62 bits per heavy atom. The van der Waals surface area contributed by atoms with Gasteiger partial charge in [0.2, 0.25) is 0 Å². The predicted octanol–water partition coefficient (Wildman–Crippen LogP) is 5.31. The Morgan fingerprint density at radius 1 is 1.22 bits per heavy atom. The second-order valence-electron chi connectivity index (χ2n) is 8.77. The number of unbranched alkanes of at least 4 members (excludes halogenated alkanes) is 7. The van der Waals surface area contributed by atoms with Crippen LogP contribution in [0.3, 0.4) is 0 Å². The van der Waals surface area contributed by atoms with Crippen LogP contribution >= 0.6 is 0 Å². The lowest BCUT2D eigenvalue weighted by atomic mass is 10.0. The van der Waals surface area contributed by atoms with Crippen LogP contribution in [0, 0.1) is 5.92 Å². The van der Waals surface area contributed by atoms with E-state index in [1.165, 1.54) is 51.3 Å². The molecule has 0 radical (unpaired) electrons. The summed E-state index contributed by atoms with van der Waals surface area (Å²) in [4.78, 5) is 23.8. The van der Waals surface area contributed by atoms with Crippen LogP contribution in [0.4, 0.5) is 0 Å². The number of carbonyl (C=O) groups excluding carboxylic acids is 1. The van der Waals surface area contributed by atoms with Gasteiger partial charge < -0.3 is 20.2 Å². The minimum atomic E-state index is -0.106. The molecule has 0 saturated carbocycles. The molecule has 7 heteroatoms. The van der Waals surface area contributed by atoms with E-state index in [9.17, 15) is 4.79 Å². The predicted molar refractivity (Wildman–Crippen MR) is 130 cm³/mol. The lowest BCUT2D eigenvalue weighted by molar-refractivity contribution is -0.152. The standard InChI is InChI=1S/C25H42N4O3/c1-4-5-6-7-8-9-10-11-12-19(2)25(30)31-17-20-13-16-23(32-20)21-14-15-22(29-21)24(27-3)28-18-26/h14-15,18-20,23,29H,4-13,16-17H2,1-3H3,(H2,26,27,28). The minimum Gasteiger partial charge on any atom is -0.463 e. The Balaban J connectivity index is 1.63. The molecule has 2 heterocycles. The third-order valence-electron chi connectivity index (χ3n) is 6.12. The number of nitrogens with one attached hydrogen (secondary N) is 1. The first-order chi connectivity index (χ1) is 15.6. The van der Waals surface area contributed by atoms with Gasteiger partial charge >= 0.3 is 5.97 Å². The third kappa shape index (κ3) is 8.77. The summed E-state index contributed by atoms with van der Waals surface area (Å²) < 4.78 is 11.7. The molecule has 1 aromatic rings. The van der Waals surface area contributed by atoms with Gasteiger partial charge in [0.05, 0.1) is 30.2 Å². The van der Waals surface area contributed by atoms with E-state index in [4.69, 9.17) is 15.2 Å². The number of aliphatic imine (C=N–C) groups is 2. The smallest absolute Gasteiger partial charge is 0.308 e. The van der Waals surface area contributed by atoms with E-state index in [1.807, 2.05) is 19.1 Å². The van der Waals surface area contributed by atoms with Gasteiger partial charge in [-0.05, 0) is 31.4 Å². The molecule has 3 unspecified atom stereocenters. The van der Waals surface area contributed by atoms with Crippen LogP contribution in [0.1, 0.15) is 102 Å². The van der Waals surface area contributed by atoms with Gasteiger partial charge in [0.25, 0.3) is 0 Å². The van der Waals surface area contributed by atoms with Crippen molar-refractivity contribution in [2.24, 2.45) is 21.6 Å². The zero-order valence-electron chi connectivity index (χ0n) is 20.1. The number of aromatic nitrogens is 1. The molecule has 0 aromatic carbocycles. The minimum absolute atomic E-state index is 0.0397. The van der Waals surface area contributed by atoms with Gasteiger partial charge in [0.15, 0.2) is 5.84 Å². The summed E-state index contributed by atoms with van der Waals surface area (Å²) in [5.41, 5.74) is 7.16. The second-order valence-corrected chi connectivity index (χ2v) is 8.77. The van der Waals surface area contributed by atoms with Crippen LogP contribution in [0.15, 0.2) is 22.1 Å². The van der Waals surface area contributed by atoms with Crippen molar-refractivity contribution in [3.05, 3.63) is 23.5 Å². The Hall–Kier alpha value is -2.15. The summed E-state index contributed by atoms with van der Waals surface area (Å²) in [6, 6.07) is 3.91. The van der Waals surface area contributed by atoms with Gasteiger partial charge in [0.1, 0.15) is 6.61 Å². The van der Waals surface area contributed by atoms with Crippen molar-refractivity contribution < 1.29 is 14.3 Å². The molecule has 1 aliphatic heterocycles. The van der Waals surface area contributed by atoms with Crippen molar-refractivity contribution in [2.75, 3.05) is 13.7 Å². The van der Waals surface area contributed by atoms with Crippen LogP contribution < -0.4 is 5.73 Å². The van der Waals surface area contributed by atoms with E-state index in [0.717, 1.165) is 37.1 Å². The van der Waals surface area contributed by atoms with E-state index in [2.05, 4.69) is 21.9 Å². The molecule has 7 nitrogen and oxygen atoms in total. The fourth-order valence-electron chi connectivity index (χ4n) is 4.13. The lowest BCUT2D eigenvalue weighted by Gasteiger charge is -2.16. The fraction of sp³-hybridized carbons (Fsp3) is 0.720. The van der Waals surface area contributed by atoms with Gasteiger partial charge in [-0.25, -0.2) is 4.99 Å². The maximum atomic E-state index is 12.3. The number of hydrogen-bond acceptors (Lipinski definition) is 4. The van der Waals surface area contributed by atoms with Crippen LogP contribution in [0.5, 0.6) is 0 Å². The average Bonchev–Trinajstić information content (AvgIpc) is 3.47. The molecule has 0 spiro atoms. The molecule has 0 amide bonds. The quantitative estimate of drug-likeness (QED) is 0.175. The molecule has 3 atom stereocenters. The molecular formula is C25H42N4O3. The van der Waals surface area contributed by atoms with Gasteiger partial charge in [0, 0.05) is 12.7 Å². The zero-order chi connectivity index (χ0) is 23.2. The highest BCUT2D eigenvalue weighted by Crippen LogP contribution is 2.32. The van der Waals surface area contributed by atoms with Crippen LogP contribution in [0.2, 0.25) is 0 Å². The molecule has 32 heavy (non-hydrogen) atoms. The zero-order valence-corrected chi connectivity index (χ0v) is 20.1. The highest BCUT2D eigenvalue weighted by Gasteiger charge is 2.29. The fourth-order valence-corrected chi connectivity index (χ4v) is 4.13. The van der Waals surface area contributed by atoms with Crippen molar-refractivity contribution in [1.29, 1.82) is 0 Å². The van der Waals surface area contributed by atoms with Gasteiger partial charge in [-0.1, -0.05) is 65.2 Å². The number of carbonyl (C=O) groups is 1. The van der Waals surface area contributed by atoms with Crippen LogP contribution in [0.25, 0.3) is 0 Å². The van der Waals surface area contributed by atoms with Crippen molar-refractivity contribution in [1.82, 2.24) is 4.98 Å². The number of hydrogen-bond donors (Lipinski definition) is 2. The van der Waals surface area contributed by atoms with E-state index in [0.29, 0.717) is 12.4 Å². The average molecular weight is 447 g/mol. The monoisotopic (exact) mass is 446 g/mol. The molecule has 0 aliphatic carbocycles. The molecular weight excluding hydrogens is 404 g/mol. The molecule has 1 aliphatic rings. The summed E-state index contributed by atoms with van der Waals surface area (Å²) in [5.74, 6) is 0.395. The van der Waals surface area contributed by atoms with Crippen LogP contribution in [-0.2, 0) is 14.3 Å². The van der Waals surface area contributed by atoms with Gasteiger partial charge in [-0.2, -0.15) is 0 Å².